The largest absolute Gasteiger partial charge is 0.494 e. The number of pyridine rings is 2. The number of likely N-dealkylation sites (N-methyl/N-ethyl adjacent to an activating group) is 1. The van der Waals surface area contributed by atoms with E-state index in [0.717, 1.165) is 17.6 Å². The van der Waals surface area contributed by atoms with Gasteiger partial charge >= 0.3 is 6.09 Å². The zero-order chi connectivity index (χ0) is 31.4. The minimum atomic E-state index is -0.556. The van der Waals surface area contributed by atoms with E-state index in [1.165, 1.54) is 0 Å². The molecule has 1 saturated heterocycles. The summed E-state index contributed by atoms with van der Waals surface area (Å²) in [7, 11) is 3.97. The van der Waals surface area contributed by atoms with Crippen LogP contribution in [0.15, 0.2) is 61.1 Å². The van der Waals surface area contributed by atoms with Crippen LogP contribution in [0.25, 0.3) is 16.6 Å². The van der Waals surface area contributed by atoms with Gasteiger partial charge in [0.25, 0.3) is 5.91 Å². The van der Waals surface area contributed by atoms with Gasteiger partial charge in [-0.25, -0.2) is 9.78 Å². The summed E-state index contributed by atoms with van der Waals surface area (Å²) >= 11 is 0. The number of piperazine rings is 1. The lowest BCUT2D eigenvalue weighted by atomic mass is 10.2. The molecule has 0 spiro atoms. The number of amides is 2. The van der Waals surface area contributed by atoms with Crippen molar-refractivity contribution in [1.82, 2.24) is 24.3 Å². The van der Waals surface area contributed by atoms with Crippen LogP contribution in [0.1, 0.15) is 31.3 Å². The lowest BCUT2D eigenvalue weighted by Gasteiger charge is -2.37. The van der Waals surface area contributed by atoms with Crippen molar-refractivity contribution < 1.29 is 24.2 Å². The van der Waals surface area contributed by atoms with Crippen LogP contribution in [0.5, 0.6) is 11.6 Å². The van der Waals surface area contributed by atoms with Crippen LogP contribution in [0.3, 0.4) is 0 Å². The fourth-order valence-electron chi connectivity index (χ4n) is 4.88. The predicted octanol–water partition coefficient (Wildman–Crippen LogP) is 4.38. The molecular weight excluding hydrogens is 562 g/mol. The summed E-state index contributed by atoms with van der Waals surface area (Å²) in [5.41, 5.74) is 0.953. The first kappa shape index (κ1) is 30.6. The molecule has 44 heavy (non-hydrogen) atoms. The van der Waals surface area contributed by atoms with Gasteiger partial charge in [-0.15, -0.1) is 0 Å². The molecule has 4 aromatic rings. The van der Waals surface area contributed by atoms with Crippen LogP contribution in [0.2, 0.25) is 0 Å². The molecule has 0 bridgehead atoms. The standard InChI is InChI=1S/C32H39N7O5/c1-32(2,3)44-31(42)38-15-13-37(14-16-38)27-11-12-33-20-26(27)35-29(40)25-7-6-8-28(34-25)39-21-22-19-23(43-18-17-36(4)5)9-10-24(22)30(39)41/h6-12,19-21,41H,13-18H2,1-5H3,(H,35,40). The Bertz CT molecular complexity index is 1640. The first-order valence-corrected chi connectivity index (χ1v) is 14.6. The molecule has 2 N–H and O–H groups in total. The van der Waals surface area contributed by atoms with Gasteiger partial charge < -0.3 is 34.6 Å². The number of fused-ring (bicyclic) bond motifs is 1. The van der Waals surface area contributed by atoms with Gasteiger partial charge in [-0.05, 0) is 71.3 Å². The maximum Gasteiger partial charge on any atom is 0.410 e. The van der Waals surface area contributed by atoms with E-state index in [0.29, 0.717) is 55.4 Å². The zero-order valence-corrected chi connectivity index (χ0v) is 25.8. The van der Waals surface area contributed by atoms with Crippen LogP contribution >= 0.6 is 0 Å². The lowest BCUT2D eigenvalue weighted by molar-refractivity contribution is 0.0240. The number of rotatable bonds is 8. The summed E-state index contributed by atoms with van der Waals surface area (Å²) in [5, 5.41) is 15.3. The summed E-state index contributed by atoms with van der Waals surface area (Å²) < 4.78 is 12.9. The minimum Gasteiger partial charge on any atom is -0.494 e. The fraction of sp³-hybridized carbons (Fsp3) is 0.375. The van der Waals surface area contributed by atoms with Crippen molar-refractivity contribution in [3.8, 4) is 17.4 Å². The Morgan fingerprint density at radius 1 is 1.07 bits per heavy atom. The Labute approximate surface area is 256 Å². The molecule has 0 unspecified atom stereocenters. The van der Waals surface area contributed by atoms with E-state index >= 15 is 0 Å². The van der Waals surface area contributed by atoms with Crippen molar-refractivity contribution in [3.63, 3.8) is 0 Å². The number of carbonyl (C=O) groups is 2. The average molecular weight is 602 g/mol. The van der Waals surface area contributed by atoms with Crippen molar-refractivity contribution in [3.05, 3.63) is 66.7 Å². The third kappa shape index (κ3) is 7.20. The van der Waals surface area contributed by atoms with Crippen LogP contribution in [-0.2, 0) is 4.74 Å². The first-order valence-electron chi connectivity index (χ1n) is 14.6. The van der Waals surface area contributed by atoms with Crippen LogP contribution in [0.4, 0.5) is 16.2 Å². The van der Waals surface area contributed by atoms with E-state index in [1.807, 2.05) is 58.0 Å². The summed E-state index contributed by atoms with van der Waals surface area (Å²) in [6.07, 6.45) is 4.70. The van der Waals surface area contributed by atoms with Crippen LogP contribution in [-0.4, -0.2) is 100 Å². The van der Waals surface area contributed by atoms with E-state index in [4.69, 9.17) is 9.47 Å². The van der Waals surface area contributed by atoms with Gasteiger partial charge in [0.15, 0.2) is 0 Å². The number of aromatic nitrogens is 3. The third-order valence-corrected chi connectivity index (χ3v) is 7.10. The lowest BCUT2D eigenvalue weighted by Crippen LogP contribution is -2.50. The van der Waals surface area contributed by atoms with Gasteiger partial charge in [-0.3, -0.25) is 14.3 Å². The van der Waals surface area contributed by atoms with Crippen molar-refractivity contribution >= 4 is 34.1 Å². The maximum absolute atomic E-state index is 13.4. The molecule has 5 rings (SSSR count). The van der Waals surface area contributed by atoms with Gasteiger partial charge in [-0.1, -0.05) is 6.07 Å². The topological polar surface area (TPSA) is 125 Å². The van der Waals surface area contributed by atoms with E-state index < -0.39 is 11.5 Å². The average Bonchev–Trinajstić information content (AvgIpc) is 3.32. The Kier molecular flexibility index (Phi) is 8.91. The SMILES string of the molecule is CN(C)CCOc1ccc2c(O)n(-c3cccc(C(=O)Nc4cnccc4N4CCN(C(=O)OC(C)(C)C)CC4)n3)cc2c1. The number of anilines is 2. The molecule has 4 heterocycles. The number of ether oxygens (including phenoxy) is 2. The third-order valence-electron chi connectivity index (χ3n) is 7.10. The van der Waals surface area contributed by atoms with E-state index in [-0.39, 0.29) is 17.7 Å². The molecule has 232 valence electrons. The molecule has 1 fully saturated rings. The fourth-order valence-corrected chi connectivity index (χ4v) is 4.88. The maximum atomic E-state index is 13.4. The van der Waals surface area contributed by atoms with Crippen molar-refractivity contribution in [1.29, 1.82) is 0 Å². The summed E-state index contributed by atoms with van der Waals surface area (Å²) in [4.78, 5) is 40.5. The molecule has 1 aliphatic heterocycles. The number of nitrogens with zero attached hydrogens (tertiary/aromatic N) is 6. The van der Waals surface area contributed by atoms with Gasteiger partial charge in [0.05, 0.1) is 17.6 Å². The quantitative estimate of drug-likeness (QED) is 0.303. The van der Waals surface area contributed by atoms with Gasteiger partial charge in [0.1, 0.15) is 29.5 Å². The minimum absolute atomic E-state index is 0.0185. The molecule has 0 atom stereocenters. The molecule has 0 aliphatic carbocycles. The Balaban J connectivity index is 1.29. The highest BCUT2D eigenvalue weighted by atomic mass is 16.6. The van der Waals surface area contributed by atoms with Crippen molar-refractivity contribution in [2.24, 2.45) is 0 Å². The summed E-state index contributed by atoms with van der Waals surface area (Å²) in [6.45, 7) is 9.00. The van der Waals surface area contributed by atoms with E-state index in [1.54, 1.807) is 52.3 Å². The van der Waals surface area contributed by atoms with Gasteiger partial charge in [-0.2, -0.15) is 0 Å². The second-order valence-corrected chi connectivity index (χ2v) is 11.9. The Morgan fingerprint density at radius 2 is 1.84 bits per heavy atom. The number of carbonyl (C=O) groups excluding carboxylic acids is 2. The smallest absolute Gasteiger partial charge is 0.410 e. The monoisotopic (exact) mass is 601 g/mol. The van der Waals surface area contributed by atoms with Crippen molar-refractivity contribution in [2.45, 2.75) is 26.4 Å². The highest BCUT2D eigenvalue weighted by Gasteiger charge is 2.27. The molecule has 3 aromatic heterocycles. The number of hydrogen-bond acceptors (Lipinski definition) is 9. The number of aromatic hydroxyl groups is 1. The van der Waals surface area contributed by atoms with Gasteiger partial charge in [0, 0.05) is 55.9 Å². The van der Waals surface area contributed by atoms with Crippen LogP contribution in [0, 0.1) is 0 Å². The van der Waals surface area contributed by atoms with Crippen molar-refractivity contribution in [2.75, 3.05) is 63.6 Å². The second-order valence-electron chi connectivity index (χ2n) is 11.9. The molecule has 2 amide bonds. The van der Waals surface area contributed by atoms with Crippen LogP contribution < -0.4 is 15.0 Å². The molecule has 1 aromatic carbocycles. The highest BCUT2D eigenvalue weighted by molar-refractivity contribution is 6.04. The molecule has 0 radical (unpaired) electrons. The summed E-state index contributed by atoms with van der Waals surface area (Å²) in [5.74, 6) is 0.702. The molecular formula is C32H39N7O5. The zero-order valence-electron chi connectivity index (χ0n) is 25.8. The van der Waals surface area contributed by atoms with E-state index in [2.05, 4.69) is 20.2 Å². The molecule has 0 saturated carbocycles. The van der Waals surface area contributed by atoms with Gasteiger partial charge in [0.2, 0.25) is 5.88 Å². The molecule has 1 aliphatic rings. The number of nitrogens with one attached hydrogen (secondary N) is 1. The summed E-state index contributed by atoms with van der Waals surface area (Å²) in [6, 6.07) is 12.4. The second kappa shape index (κ2) is 12.8. The number of benzene rings is 1. The predicted molar refractivity (Wildman–Crippen MR) is 169 cm³/mol. The molecule has 12 nitrogen and oxygen atoms in total. The van der Waals surface area contributed by atoms with E-state index in [9.17, 15) is 14.7 Å². The highest BCUT2D eigenvalue weighted by Crippen LogP contribution is 2.32. The number of hydrogen-bond donors (Lipinski definition) is 2. The Hall–Kier alpha value is -4.84. The first-order chi connectivity index (χ1) is 21.0. The normalized spacial score (nSPS) is 13.8. The molecule has 12 heteroatoms. The Morgan fingerprint density at radius 3 is 2.57 bits per heavy atom.